The van der Waals surface area contributed by atoms with Crippen LogP contribution < -0.4 is 10.1 Å². The molecule has 162 valence electrons. The van der Waals surface area contributed by atoms with E-state index in [1.165, 1.54) is 24.3 Å². The van der Waals surface area contributed by atoms with Gasteiger partial charge in [-0.1, -0.05) is 29.3 Å². The second-order valence-corrected chi connectivity index (χ2v) is 7.31. The fourth-order valence-corrected chi connectivity index (χ4v) is 3.24. The van der Waals surface area contributed by atoms with Crippen molar-refractivity contribution >= 4 is 47.4 Å². The Kier molecular flexibility index (Phi) is 9.13. The van der Waals surface area contributed by atoms with Crippen molar-refractivity contribution in [3.63, 3.8) is 0 Å². The van der Waals surface area contributed by atoms with Crippen LogP contribution in [0.25, 0.3) is 0 Å². The van der Waals surface area contributed by atoms with Crippen molar-refractivity contribution in [1.82, 2.24) is 10.2 Å². The Bertz CT molecular complexity index is 882. The largest absolute Gasteiger partial charge is 0.412 e. The SMILES string of the molecule is Cl.O=C(NC[C@H]1CN(Cc2ccc(Cl)c(Cl)c2)CCO1)Oc1ccc([N+](=O)[O-])cc1. The van der Waals surface area contributed by atoms with Gasteiger partial charge in [0.1, 0.15) is 5.75 Å². The third kappa shape index (κ3) is 7.00. The molecule has 1 amide bonds. The lowest BCUT2D eigenvalue weighted by molar-refractivity contribution is -0.384. The van der Waals surface area contributed by atoms with Crippen LogP contribution in [0, 0.1) is 10.1 Å². The molecule has 1 atom stereocenters. The number of nitro benzene ring substituents is 1. The van der Waals surface area contributed by atoms with Crippen LogP contribution in [0.15, 0.2) is 42.5 Å². The zero-order valence-electron chi connectivity index (χ0n) is 15.8. The second kappa shape index (κ2) is 11.3. The summed E-state index contributed by atoms with van der Waals surface area (Å²) in [5.74, 6) is 0.221. The van der Waals surface area contributed by atoms with Crippen LogP contribution in [-0.2, 0) is 11.3 Å². The van der Waals surface area contributed by atoms with Gasteiger partial charge in [-0.25, -0.2) is 4.79 Å². The summed E-state index contributed by atoms with van der Waals surface area (Å²) in [6, 6.07) is 10.8. The maximum atomic E-state index is 12.0. The van der Waals surface area contributed by atoms with Gasteiger partial charge >= 0.3 is 6.09 Å². The highest BCUT2D eigenvalue weighted by molar-refractivity contribution is 6.42. The Balaban J connectivity index is 0.00000320. The lowest BCUT2D eigenvalue weighted by atomic mass is 10.2. The van der Waals surface area contributed by atoms with E-state index in [9.17, 15) is 14.9 Å². The van der Waals surface area contributed by atoms with Gasteiger partial charge in [-0.3, -0.25) is 15.0 Å². The second-order valence-electron chi connectivity index (χ2n) is 6.50. The van der Waals surface area contributed by atoms with E-state index < -0.39 is 11.0 Å². The number of non-ortho nitro benzene ring substituents is 1. The predicted octanol–water partition coefficient (Wildman–Crippen LogP) is 4.31. The number of nitrogens with one attached hydrogen (secondary N) is 1. The van der Waals surface area contributed by atoms with Gasteiger partial charge in [-0.2, -0.15) is 0 Å². The normalized spacial score (nSPS) is 16.4. The molecule has 30 heavy (non-hydrogen) atoms. The Morgan fingerprint density at radius 2 is 1.97 bits per heavy atom. The first-order valence-corrected chi connectivity index (χ1v) is 9.64. The molecule has 1 saturated heterocycles. The van der Waals surface area contributed by atoms with Gasteiger partial charge < -0.3 is 14.8 Å². The van der Waals surface area contributed by atoms with Gasteiger partial charge in [0.2, 0.25) is 0 Å². The highest BCUT2D eigenvalue weighted by Gasteiger charge is 2.21. The molecule has 2 aromatic rings. The summed E-state index contributed by atoms with van der Waals surface area (Å²) in [6.45, 7) is 2.93. The molecule has 0 aliphatic carbocycles. The van der Waals surface area contributed by atoms with Crippen LogP contribution in [0.2, 0.25) is 10.0 Å². The highest BCUT2D eigenvalue weighted by Crippen LogP contribution is 2.23. The van der Waals surface area contributed by atoms with Crippen LogP contribution in [0.5, 0.6) is 5.75 Å². The summed E-state index contributed by atoms with van der Waals surface area (Å²) in [7, 11) is 0. The number of halogens is 3. The Morgan fingerprint density at radius 1 is 1.23 bits per heavy atom. The molecule has 1 fully saturated rings. The maximum Gasteiger partial charge on any atom is 0.412 e. The number of nitrogens with zero attached hydrogens (tertiary/aromatic N) is 2. The molecule has 2 aromatic carbocycles. The van der Waals surface area contributed by atoms with Gasteiger partial charge in [0.15, 0.2) is 0 Å². The smallest absolute Gasteiger partial charge is 0.410 e. The first-order chi connectivity index (χ1) is 13.9. The van der Waals surface area contributed by atoms with Crippen molar-refractivity contribution in [3.8, 4) is 5.75 Å². The van der Waals surface area contributed by atoms with Gasteiger partial charge in [0.05, 0.1) is 27.7 Å². The molecule has 1 heterocycles. The van der Waals surface area contributed by atoms with E-state index in [4.69, 9.17) is 32.7 Å². The quantitative estimate of drug-likeness (QED) is 0.493. The molecule has 3 rings (SSSR count). The molecule has 0 radical (unpaired) electrons. The number of hydrogen-bond acceptors (Lipinski definition) is 6. The van der Waals surface area contributed by atoms with E-state index in [0.29, 0.717) is 29.7 Å². The third-order valence-electron chi connectivity index (χ3n) is 4.35. The van der Waals surface area contributed by atoms with E-state index >= 15 is 0 Å². The molecule has 1 N–H and O–H groups in total. The summed E-state index contributed by atoms with van der Waals surface area (Å²) in [4.78, 5) is 24.3. The van der Waals surface area contributed by atoms with Crippen molar-refractivity contribution in [1.29, 1.82) is 0 Å². The minimum absolute atomic E-state index is 0. The fraction of sp³-hybridized carbons (Fsp3) is 0.316. The minimum atomic E-state index is -0.649. The maximum absolute atomic E-state index is 12.0. The summed E-state index contributed by atoms with van der Waals surface area (Å²) >= 11 is 12.0. The number of morpholine rings is 1. The molecule has 0 bridgehead atoms. The van der Waals surface area contributed by atoms with Gasteiger partial charge in [-0.15, -0.1) is 12.4 Å². The molecule has 11 heteroatoms. The molecule has 1 aliphatic rings. The minimum Gasteiger partial charge on any atom is -0.410 e. The first-order valence-electron chi connectivity index (χ1n) is 8.89. The van der Waals surface area contributed by atoms with Crippen LogP contribution in [0.3, 0.4) is 0 Å². The molecule has 0 unspecified atom stereocenters. The predicted molar refractivity (Wildman–Crippen MR) is 116 cm³/mol. The first kappa shape index (κ1) is 24.2. The highest BCUT2D eigenvalue weighted by atomic mass is 35.5. The Morgan fingerprint density at radius 3 is 2.63 bits per heavy atom. The third-order valence-corrected chi connectivity index (χ3v) is 5.08. The molecule has 0 spiro atoms. The van der Waals surface area contributed by atoms with E-state index in [1.54, 1.807) is 6.07 Å². The summed E-state index contributed by atoms with van der Waals surface area (Å²) in [6.07, 6.45) is -0.833. The summed E-state index contributed by atoms with van der Waals surface area (Å²) in [5.41, 5.74) is 0.973. The molecule has 8 nitrogen and oxygen atoms in total. The van der Waals surface area contributed by atoms with E-state index in [-0.39, 0.29) is 36.5 Å². The monoisotopic (exact) mass is 475 g/mol. The number of amides is 1. The van der Waals surface area contributed by atoms with Crippen molar-refractivity contribution in [2.45, 2.75) is 12.6 Å². The van der Waals surface area contributed by atoms with E-state index in [1.807, 2.05) is 12.1 Å². The molecule has 0 saturated carbocycles. The summed E-state index contributed by atoms with van der Waals surface area (Å²) < 4.78 is 10.8. The average molecular weight is 477 g/mol. The van der Waals surface area contributed by atoms with E-state index in [0.717, 1.165) is 12.1 Å². The lowest BCUT2D eigenvalue weighted by Gasteiger charge is -2.33. The van der Waals surface area contributed by atoms with Gasteiger partial charge in [-0.05, 0) is 29.8 Å². The van der Waals surface area contributed by atoms with Crippen molar-refractivity contribution in [3.05, 3.63) is 68.2 Å². The molecular formula is C19H20Cl3N3O5. The van der Waals surface area contributed by atoms with E-state index in [2.05, 4.69) is 10.2 Å². The molecule has 1 aliphatic heterocycles. The topological polar surface area (TPSA) is 93.9 Å². The molecular weight excluding hydrogens is 457 g/mol. The Hall–Kier alpha value is -2.10. The van der Waals surface area contributed by atoms with Crippen LogP contribution in [0.4, 0.5) is 10.5 Å². The standard InChI is InChI=1S/C19H19Cl2N3O5.ClH/c20-17-6-1-13(9-18(17)21)11-23-7-8-28-16(12-23)10-22-19(25)29-15-4-2-14(3-5-15)24(26)27;/h1-6,9,16H,7-8,10-12H2,(H,22,25);1H/t16-;/m0./s1. The van der Waals surface area contributed by atoms with Crippen molar-refractivity contribution in [2.24, 2.45) is 0 Å². The van der Waals surface area contributed by atoms with Gasteiger partial charge in [0, 0.05) is 38.3 Å². The number of nitro groups is 1. The lowest BCUT2D eigenvalue weighted by Crippen LogP contribution is -2.47. The van der Waals surface area contributed by atoms with Crippen molar-refractivity contribution in [2.75, 3.05) is 26.2 Å². The number of benzene rings is 2. The Labute approximate surface area is 189 Å². The average Bonchev–Trinajstić information content (AvgIpc) is 2.70. The number of carbonyl (C=O) groups excluding carboxylic acids is 1. The van der Waals surface area contributed by atoms with Crippen LogP contribution in [0.1, 0.15) is 5.56 Å². The number of hydrogen-bond donors (Lipinski definition) is 1. The number of carbonyl (C=O) groups is 1. The van der Waals surface area contributed by atoms with Crippen molar-refractivity contribution < 1.29 is 19.2 Å². The zero-order valence-corrected chi connectivity index (χ0v) is 18.1. The van der Waals surface area contributed by atoms with Crippen LogP contribution >= 0.6 is 35.6 Å². The number of ether oxygens (including phenoxy) is 2. The fourth-order valence-electron chi connectivity index (χ4n) is 2.92. The van der Waals surface area contributed by atoms with Gasteiger partial charge in [0.25, 0.3) is 5.69 Å². The zero-order chi connectivity index (χ0) is 20.8. The molecule has 0 aromatic heterocycles. The van der Waals surface area contributed by atoms with Crippen LogP contribution in [-0.4, -0.2) is 48.3 Å². The number of rotatable bonds is 6. The summed E-state index contributed by atoms with van der Waals surface area (Å²) in [5, 5.41) is 14.3.